The number of guanidine groups is 1. The number of anilines is 1. The van der Waals surface area contributed by atoms with Crippen LogP contribution >= 0.6 is 0 Å². The molecule has 2 aromatic rings. The van der Waals surface area contributed by atoms with Crippen LogP contribution in [0.3, 0.4) is 0 Å². The maximum atomic E-state index is 12.4. The smallest absolute Gasteiger partial charge is 0.467 e. The van der Waals surface area contributed by atoms with Crippen molar-refractivity contribution in [3.8, 4) is 11.8 Å². The third-order valence-electron chi connectivity index (χ3n) is 2.78. The van der Waals surface area contributed by atoms with E-state index in [1.807, 2.05) is 0 Å². The molecule has 0 radical (unpaired) electrons. The molecule has 2 rings (SSSR count). The lowest BCUT2D eigenvalue weighted by Crippen LogP contribution is -2.37. The molecule has 0 amide bonds. The van der Waals surface area contributed by atoms with Crippen LogP contribution in [0, 0.1) is 6.92 Å². The summed E-state index contributed by atoms with van der Waals surface area (Å²) in [5.41, 5.74) is 10.0. The van der Waals surface area contributed by atoms with E-state index in [0.29, 0.717) is 0 Å². The maximum Gasteiger partial charge on any atom is 0.573 e. The average Bonchev–Trinajstić information content (AvgIpc) is 2.58. The van der Waals surface area contributed by atoms with Crippen molar-refractivity contribution in [2.24, 2.45) is 10.1 Å². The number of ether oxygens (including phenoxy) is 2. The van der Waals surface area contributed by atoms with Gasteiger partial charge in [-0.1, -0.05) is 12.1 Å². The van der Waals surface area contributed by atoms with Crippen LogP contribution in [0.4, 0.5) is 19.1 Å². The Labute approximate surface area is 156 Å². The Morgan fingerprint density at radius 3 is 2.54 bits per heavy atom. The number of aromatic nitrogens is 3. The summed E-state index contributed by atoms with van der Waals surface area (Å²) in [4.78, 5) is 10.7. The molecule has 1 heterocycles. The van der Waals surface area contributed by atoms with Gasteiger partial charge in [0.1, 0.15) is 16.5 Å². The summed E-state index contributed by atoms with van der Waals surface area (Å²) >= 11 is 0. The second kappa shape index (κ2) is 8.12. The zero-order chi connectivity index (χ0) is 20.9. The highest BCUT2D eigenvalue weighted by molar-refractivity contribution is 7.90. The van der Waals surface area contributed by atoms with Crippen molar-refractivity contribution < 1.29 is 31.1 Å². The van der Waals surface area contributed by atoms with Crippen molar-refractivity contribution >= 4 is 21.9 Å². The lowest BCUT2D eigenvalue weighted by molar-refractivity contribution is -0.275. The molecule has 1 aromatic heterocycles. The Morgan fingerprint density at radius 2 is 1.89 bits per heavy atom. The number of para-hydroxylation sites is 1. The second-order valence-electron chi connectivity index (χ2n) is 4.89. The molecule has 11 nitrogen and oxygen atoms in total. The minimum Gasteiger partial charge on any atom is -0.467 e. The maximum absolute atomic E-state index is 12.4. The highest BCUT2D eigenvalue weighted by Crippen LogP contribution is 2.30. The number of rotatable bonds is 6. The molecule has 152 valence electrons. The highest BCUT2D eigenvalue weighted by Gasteiger charge is 2.34. The van der Waals surface area contributed by atoms with E-state index in [1.165, 1.54) is 19.2 Å². The van der Waals surface area contributed by atoms with Gasteiger partial charge in [0.25, 0.3) is 10.0 Å². The molecular formula is C13H14F3N7O4S. The van der Waals surface area contributed by atoms with Gasteiger partial charge in [0.15, 0.2) is 0 Å². The minimum atomic E-state index is -5.09. The largest absolute Gasteiger partial charge is 0.573 e. The van der Waals surface area contributed by atoms with Gasteiger partial charge < -0.3 is 15.2 Å². The second-order valence-corrected chi connectivity index (χ2v) is 6.46. The third kappa shape index (κ3) is 5.83. The van der Waals surface area contributed by atoms with Crippen molar-refractivity contribution in [1.29, 1.82) is 0 Å². The number of hydrazine groups is 1. The monoisotopic (exact) mass is 421 g/mol. The summed E-state index contributed by atoms with van der Waals surface area (Å²) < 4.78 is 73.6. The summed E-state index contributed by atoms with van der Waals surface area (Å²) in [5, 5.41) is 0. The quantitative estimate of drug-likeness (QED) is 0.345. The van der Waals surface area contributed by atoms with E-state index < -0.39 is 33.0 Å². The first-order chi connectivity index (χ1) is 13.0. The van der Waals surface area contributed by atoms with Gasteiger partial charge in [0.2, 0.25) is 11.9 Å². The van der Waals surface area contributed by atoms with Crippen LogP contribution in [0.2, 0.25) is 0 Å². The molecule has 15 heteroatoms. The first-order valence-electron chi connectivity index (χ1n) is 7.24. The molecular weight excluding hydrogens is 407 g/mol. The zero-order valence-corrected chi connectivity index (χ0v) is 15.2. The van der Waals surface area contributed by atoms with Gasteiger partial charge >= 0.3 is 12.4 Å². The van der Waals surface area contributed by atoms with Crippen LogP contribution in [0.5, 0.6) is 11.8 Å². The molecule has 0 spiro atoms. The summed E-state index contributed by atoms with van der Waals surface area (Å²) in [6.45, 7) is 1.55. The third-order valence-corrected chi connectivity index (χ3v) is 4.11. The summed E-state index contributed by atoms with van der Waals surface area (Å²) in [6, 6.07) is 4.08. The Kier molecular flexibility index (Phi) is 6.07. The van der Waals surface area contributed by atoms with Crippen molar-refractivity contribution in [3.63, 3.8) is 0 Å². The van der Waals surface area contributed by atoms with E-state index in [9.17, 15) is 21.6 Å². The fourth-order valence-electron chi connectivity index (χ4n) is 1.80. The Hall–Kier alpha value is -3.36. The number of halogens is 3. The van der Waals surface area contributed by atoms with Crippen LogP contribution in [-0.2, 0) is 10.0 Å². The van der Waals surface area contributed by atoms with E-state index in [2.05, 4.69) is 34.9 Å². The van der Waals surface area contributed by atoms with Crippen LogP contribution < -0.4 is 26.1 Å². The minimum absolute atomic E-state index is 0.0156. The molecule has 0 aliphatic heterocycles. The Bertz CT molecular complexity index is 982. The van der Waals surface area contributed by atoms with E-state index in [4.69, 9.17) is 10.5 Å². The molecule has 0 aliphatic carbocycles. The van der Waals surface area contributed by atoms with Gasteiger partial charge in [0.05, 0.1) is 7.11 Å². The number of nitrogens with one attached hydrogen (secondary N) is 2. The fourth-order valence-corrected chi connectivity index (χ4v) is 2.82. The van der Waals surface area contributed by atoms with Crippen molar-refractivity contribution in [2.45, 2.75) is 18.2 Å². The molecule has 0 bridgehead atoms. The van der Waals surface area contributed by atoms with Gasteiger partial charge in [-0.15, -0.1) is 17.6 Å². The van der Waals surface area contributed by atoms with Crippen molar-refractivity contribution in [1.82, 2.24) is 20.4 Å². The number of nitrogens with zero attached hydrogens (tertiary/aromatic N) is 4. The SMILES string of the molecule is COc1nc(C)nc(NN/C(N)=N\S(=O)(=O)c2ccccc2OC(F)(F)F)n1. The number of benzene rings is 1. The van der Waals surface area contributed by atoms with Crippen LogP contribution in [0.15, 0.2) is 33.6 Å². The van der Waals surface area contributed by atoms with Gasteiger partial charge in [-0.25, -0.2) is 0 Å². The first kappa shape index (κ1) is 20.9. The van der Waals surface area contributed by atoms with Crippen LogP contribution in [0.25, 0.3) is 0 Å². The molecule has 4 N–H and O–H groups in total. The van der Waals surface area contributed by atoms with Gasteiger partial charge in [-0.3, -0.25) is 10.9 Å². The Balaban J connectivity index is 2.21. The molecule has 0 saturated heterocycles. The predicted octanol–water partition coefficient (Wildman–Crippen LogP) is 0.707. The molecule has 0 aliphatic rings. The van der Waals surface area contributed by atoms with Gasteiger partial charge in [-0.2, -0.15) is 23.4 Å². The van der Waals surface area contributed by atoms with E-state index in [-0.39, 0.29) is 17.8 Å². The molecule has 1 aromatic carbocycles. The predicted molar refractivity (Wildman–Crippen MR) is 89.8 cm³/mol. The number of nitrogens with two attached hydrogens (primary N) is 1. The Morgan fingerprint density at radius 1 is 1.21 bits per heavy atom. The summed E-state index contributed by atoms with van der Waals surface area (Å²) in [6.07, 6.45) is -5.09. The molecule has 0 saturated carbocycles. The van der Waals surface area contributed by atoms with Gasteiger partial charge in [-0.05, 0) is 19.1 Å². The topological polar surface area (TPSA) is 154 Å². The summed E-state index contributed by atoms with van der Waals surface area (Å²) in [5.74, 6) is -1.42. The van der Waals surface area contributed by atoms with E-state index in [1.54, 1.807) is 6.92 Å². The standard InChI is InChI=1S/C13H14F3N7O4S/c1-7-18-11(20-12(19-7)26-2)22-21-10(17)23-28(24,25)9-6-4-3-5-8(9)27-13(14,15)16/h3-6H,1-2H3,(H3,17,21,23)(H,18,19,20,22). The number of aryl methyl sites for hydroxylation is 1. The van der Waals surface area contributed by atoms with Crippen LogP contribution in [0.1, 0.15) is 5.82 Å². The van der Waals surface area contributed by atoms with Crippen molar-refractivity contribution in [2.75, 3.05) is 12.5 Å². The first-order valence-corrected chi connectivity index (χ1v) is 8.68. The number of sulfonamides is 1. The molecule has 0 fully saturated rings. The highest BCUT2D eigenvalue weighted by atomic mass is 32.2. The number of methoxy groups -OCH3 is 1. The molecule has 0 unspecified atom stereocenters. The number of hydrogen-bond acceptors (Lipinski definition) is 8. The van der Waals surface area contributed by atoms with Gasteiger partial charge in [0, 0.05) is 0 Å². The summed E-state index contributed by atoms with van der Waals surface area (Å²) in [7, 11) is -3.30. The number of alkyl halides is 3. The molecule has 0 atom stereocenters. The molecule has 28 heavy (non-hydrogen) atoms. The van der Waals surface area contributed by atoms with Crippen LogP contribution in [-0.4, -0.2) is 42.8 Å². The zero-order valence-electron chi connectivity index (χ0n) is 14.4. The lowest BCUT2D eigenvalue weighted by Gasteiger charge is -2.12. The average molecular weight is 421 g/mol. The normalized spacial score (nSPS) is 12.4. The number of hydrogen-bond donors (Lipinski definition) is 3. The lowest BCUT2D eigenvalue weighted by atomic mass is 10.3. The fraction of sp³-hybridized carbons (Fsp3) is 0.231. The van der Waals surface area contributed by atoms with E-state index >= 15 is 0 Å². The van der Waals surface area contributed by atoms with Crippen molar-refractivity contribution in [3.05, 3.63) is 30.1 Å². The van der Waals surface area contributed by atoms with E-state index in [0.717, 1.165) is 12.1 Å².